The summed E-state index contributed by atoms with van der Waals surface area (Å²) in [5, 5.41) is 4.47. The molecule has 2 fully saturated rings. The number of rotatable bonds is 1. The summed E-state index contributed by atoms with van der Waals surface area (Å²) in [5.41, 5.74) is 0.378. The number of thioether (sulfide) groups is 2. The lowest BCUT2D eigenvalue weighted by molar-refractivity contribution is 0.393. The molecule has 2 aliphatic heterocycles. The van der Waals surface area contributed by atoms with Crippen LogP contribution in [0.1, 0.15) is 20.3 Å². The van der Waals surface area contributed by atoms with Crippen molar-refractivity contribution in [2.24, 2.45) is 5.92 Å². The first-order chi connectivity index (χ1) is 5.67. The van der Waals surface area contributed by atoms with Crippen molar-refractivity contribution in [3.05, 3.63) is 0 Å². The highest BCUT2D eigenvalue weighted by Crippen LogP contribution is 2.37. The van der Waals surface area contributed by atoms with Crippen molar-refractivity contribution in [3.63, 3.8) is 0 Å². The average Bonchev–Trinajstić information content (AvgIpc) is 2.55. The maximum absolute atomic E-state index is 3.72. The summed E-state index contributed by atoms with van der Waals surface area (Å²) in [6, 6.07) is 0. The van der Waals surface area contributed by atoms with Gasteiger partial charge in [0.1, 0.15) is 0 Å². The van der Waals surface area contributed by atoms with E-state index in [1.54, 1.807) is 0 Å². The van der Waals surface area contributed by atoms with E-state index >= 15 is 0 Å². The lowest BCUT2D eigenvalue weighted by Gasteiger charge is -2.22. The largest absolute Gasteiger partial charge is 0.299 e. The quantitative estimate of drug-likeness (QED) is 0.701. The summed E-state index contributed by atoms with van der Waals surface area (Å²) in [5.74, 6) is 4.96. The van der Waals surface area contributed by atoms with Gasteiger partial charge >= 0.3 is 0 Å². The van der Waals surface area contributed by atoms with E-state index in [9.17, 15) is 0 Å². The maximum atomic E-state index is 3.72. The van der Waals surface area contributed by atoms with Crippen molar-refractivity contribution in [2.75, 3.05) is 17.3 Å². The minimum absolute atomic E-state index is 0.378. The van der Waals surface area contributed by atoms with Crippen molar-refractivity contribution in [1.82, 2.24) is 5.32 Å². The molecular weight excluding hydrogens is 186 g/mol. The van der Waals surface area contributed by atoms with Crippen LogP contribution in [0.2, 0.25) is 0 Å². The van der Waals surface area contributed by atoms with Gasteiger partial charge in [0, 0.05) is 11.3 Å². The molecule has 2 atom stereocenters. The molecule has 0 aromatic heterocycles. The molecule has 70 valence electrons. The second-order valence-corrected chi connectivity index (χ2v) is 6.66. The third-order valence-electron chi connectivity index (χ3n) is 2.55. The topological polar surface area (TPSA) is 12.0 Å². The number of nitrogens with one attached hydrogen (secondary N) is 1. The predicted octanol–water partition coefficient (Wildman–Crippen LogP) is 2.18. The fourth-order valence-electron chi connectivity index (χ4n) is 1.81. The zero-order chi connectivity index (χ0) is 8.60. The molecule has 2 aliphatic rings. The lowest BCUT2D eigenvalue weighted by atomic mass is 10.1. The van der Waals surface area contributed by atoms with Gasteiger partial charge in [-0.05, 0) is 37.7 Å². The second-order valence-electron chi connectivity index (χ2n) is 4.38. The Hall–Kier alpha value is 0.660. The van der Waals surface area contributed by atoms with E-state index in [2.05, 4.69) is 42.7 Å². The molecule has 0 aliphatic carbocycles. The van der Waals surface area contributed by atoms with Gasteiger partial charge in [0.05, 0.1) is 5.37 Å². The fourth-order valence-corrected chi connectivity index (χ4v) is 4.82. The van der Waals surface area contributed by atoms with E-state index in [4.69, 9.17) is 0 Å². The first kappa shape index (κ1) is 9.22. The van der Waals surface area contributed by atoms with Crippen molar-refractivity contribution in [3.8, 4) is 0 Å². The van der Waals surface area contributed by atoms with Crippen molar-refractivity contribution >= 4 is 23.5 Å². The van der Waals surface area contributed by atoms with Gasteiger partial charge in [0.2, 0.25) is 0 Å². The van der Waals surface area contributed by atoms with Gasteiger partial charge in [0.15, 0.2) is 0 Å². The van der Waals surface area contributed by atoms with E-state index in [1.807, 2.05) is 0 Å². The third kappa shape index (κ3) is 1.94. The van der Waals surface area contributed by atoms with Gasteiger partial charge in [0.25, 0.3) is 0 Å². The third-order valence-corrected chi connectivity index (χ3v) is 5.49. The molecule has 2 unspecified atom stereocenters. The molecule has 0 spiro atoms. The Balaban J connectivity index is 1.90. The summed E-state index contributed by atoms with van der Waals surface area (Å²) < 4.78 is 0. The maximum Gasteiger partial charge on any atom is 0.0573 e. The molecule has 0 amide bonds. The van der Waals surface area contributed by atoms with Crippen LogP contribution in [-0.4, -0.2) is 28.2 Å². The molecule has 0 aromatic carbocycles. The average molecular weight is 203 g/mol. The van der Waals surface area contributed by atoms with Crippen LogP contribution in [0.5, 0.6) is 0 Å². The first-order valence-electron chi connectivity index (χ1n) is 4.64. The van der Waals surface area contributed by atoms with Crippen LogP contribution < -0.4 is 5.32 Å². The molecule has 1 N–H and O–H groups in total. The van der Waals surface area contributed by atoms with Crippen LogP contribution in [0.4, 0.5) is 0 Å². The number of hydrogen-bond acceptors (Lipinski definition) is 3. The van der Waals surface area contributed by atoms with Crippen LogP contribution in [0.3, 0.4) is 0 Å². The van der Waals surface area contributed by atoms with Crippen LogP contribution in [0.15, 0.2) is 0 Å². The van der Waals surface area contributed by atoms with Gasteiger partial charge in [-0.25, -0.2) is 0 Å². The highest BCUT2D eigenvalue weighted by atomic mass is 32.2. The first-order valence-corrected chi connectivity index (χ1v) is 6.85. The molecule has 0 aromatic rings. The SMILES string of the molecule is CC1(C)CSC(C2CCSC2)N1. The molecular formula is C9H17NS2. The Kier molecular flexibility index (Phi) is 2.64. The number of hydrogen-bond donors (Lipinski definition) is 1. The summed E-state index contributed by atoms with van der Waals surface area (Å²) in [6.45, 7) is 4.62. The highest BCUT2D eigenvalue weighted by Gasteiger charge is 2.36. The summed E-state index contributed by atoms with van der Waals surface area (Å²) >= 11 is 4.24. The lowest BCUT2D eigenvalue weighted by Crippen LogP contribution is -2.41. The van der Waals surface area contributed by atoms with Gasteiger partial charge in [-0.2, -0.15) is 11.8 Å². The second kappa shape index (κ2) is 3.43. The van der Waals surface area contributed by atoms with Gasteiger partial charge in [-0.3, -0.25) is 5.32 Å². The Labute approximate surface area is 83.4 Å². The summed E-state index contributed by atoms with van der Waals surface area (Å²) in [6.07, 6.45) is 1.42. The van der Waals surface area contributed by atoms with Gasteiger partial charge < -0.3 is 0 Å². The van der Waals surface area contributed by atoms with Crippen LogP contribution in [0, 0.1) is 5.92 Å². The Bertz CT molecular complexity index is 164. The molecule has 2 heterocycles. The minimum Gasteiger partial charge on any atom is -0.299 e. The van der Waals surface area contributed by atoms with E-state index in [0.29, 0.717) is 5.54 Å². The van der Waals surface area contributed by atoms with Crippen molar-refractivity contribution in [1.29, 1.82) is 0 Å². The highest BCUT2D eigenvalue weighted by molar-refractivity contribution is 8.00. The molecule has 0 bridgehead atoms. The van der Waals surface area contributed by atoms with E-state index in [0.717, 1.165) is 11.3 Å². The Morgan fingerprint density at radius 1 is 1.42 bits per heavy atom. The molecule has 12 heavy (non-hydrogen) atoms. The summed E-state index contributed by atoms with van der Waals surface area (Å²) in [7, 11) is 0. The Morgan fingerprint density at radius 2 is 2.25 bits per heavy atom. The zero-order valence-corrected chi connectivity index (χ0v) is 9.43. The predicted molar refractivity (Wildman–Crippen MR) is 58.9 cm³/mol. The van der Waals surface area contributed by atoms with Crippen LogP contribution in [0.25, 0.3) is 0 Å². The summed E-state index contributed by atoms with van der Waals surface area (Å²) in [4.78, 5) is 0. The molecule has 1 nitrogen and oxygen atoms in total. The normalized spacial score (nSPS) is 40.5. The van der Waals surface area contributed by atoms with Gasteiger partial charge in [-0.1, -0.05) is 0 Å². The fraction of sp³-hybridized carbons (Fsp3) is 1.00. The minimum atomic E-state index is 0.378. The van der Waals surface area contributed by atoms with E-state index in [-0.39, 0.29) is 0 Å². The van der Waals surface area contributed by atoms with Crippen molar-refractivity contribution < 1.29 is 0 Å². The molecule has 3 heteroatoms. The zero-order valence-electron chi connectivity index (χ0n) is 7.80. The van der Waals surface area contributed by atoms with E-state index in [1.165, 1.54) is 23.7 Å². The van der Waals surface area contributed by atoms with Crippen LogP contribution >= 0.6 is 23.5 Å². The molecule has 2 saturated heterocycles. The van der Waals surface area contributed by atoms with E-state index < -0.39 is 0 Å². The monoisotopic (exact) mass is 203 g/mol. The molecule has 2 rings (SSSR count). The van der Waals surface area contributed by atoms with Crippen LogP contribution in [-0.2, 0) is 0 Å². The standard InChI is InChI=1S/C9H17NS2/c1-9(2)6-12-8(10-9)7-3-4-11-5-7/h7-8,10H,3-6H2,1-2H3. The Morgan fingerprint density at radius 3 is 2.75 bits per heavy atom. The van der Waals surface area contributed by atoms with Crippen molar-refractivity contribution in [2.45, 2.75) is 31.2 Å². The molecule has 0 saturated carbocycles. The smallest absolute Gasteiger partial charge is 0.0573 e. The van der Waals surface area contributed by atoms with Gasteiger partial charge in [-0.15, -0.1) is 11.8 Å². The molecule has 0 radical (unpaired) electrons.